The molecule has 152 valence electrons. The summed E-state index contributed by atoms with van der Waals surface area (Å²) in [6.45, 7) is 1.88. The number of halogens is 1. The van der Waals surface area contributed by atoms with Gasteiger partial charge in [-0.2, -0.15) is 0 Å². The van der Waals surface area contributed by atoms with E-state index in [0.717, 1.165) is 21.0 Å². The van der Waals surface area contributed by atoms with Crippen molar-refractivity contribution in [2.75, 3.05) is 0 Å². The molecule has 1 saturated heterocycles. The third-order valence-electron chi connectivity index (χ3n) is 5.18. The first-order valence-electron chi connectivity index (χ1n) is 9.51. The van der Waals surface area contributed by atoms with Gasteiger partial charge in [0.25, 0.3) is 10.0 Å². The normalized spacial score (nSPS) is 19.1. The zero-order chi connectivity index (χ0) is 21.3. The molecule has 1 aliphatic rings. The minimum Gasteiger partial charge on any atom is -0.273 e. The van der Waals surface area contributed by atoms with Crippen LogP contribution < -0.4 is 0 Å². The number of carbonyl (C=O) groups excluding carboxylic acids is 1. The highest BCUT2D eigenvalue weighted by atomic mass is 35.5. The minimum absolute atomic E-state index is 0.113. The van der Waals surface area contributed by atoms with Gasteiger partial charge < -0.3 is 0 Å². The van der Waals surface area contributed by atoms with Gasteiger partial charge >= 0.3 is 0 Å². The number of β-lactam (4-membered cyclic amide) rings is 1. The number of carbonyl (C=O) groups is 1. The summed E-state index contributed by atoms with van der Waals surface area (Å²) in [5, 5.41) is 0.629. The van der Waals surface area contributed by atoms with Crippen LogP contribution in [0.1, 0.15) is 22.7 Å². The topological polar surface area (TPSA) is 54.5 Å². The number of benzene rings is 3. The molecule has 0 aliphatic carbocycles. The van der Waals surface area contributed by atoms with E-state index in [1.807, 2.05) is 55.5 Å². The van der Waals surface area contributed by atoms with Crippen LogP contribution in [0.3, 0.4) is 0 Å². The van der Waals surface area contributed by atoms with Crippen molar-refractivity contribution in [3.8, 4) is 0 Å². The molecule has 6 heteroatoms. The average molecular weight is 438 g/mol. The maximum Gasteiger partial charge on any atom is 0.267 e. The SMILES string of the molecule is Cc1ccc(S(=O)(=O)N2C(=O)[C@@H](/C=C/c3ccc(Cl)cc3)[C@H]2c2ccccc2)cc1. The summed E-state index contributed by atoms with van der Waals surface area (Å²) in [4.78, 5) is 13.1. The Morgan fingerprint density at radius 1 is 0.900 bits per heavy atom. The fraction of sp³-hybridized carbons (Fsp3) is 0.125. The zero-order valence-corrected chi connectivity index (χ0v) is 17.8. The quantitative estimate of drug-likeness (QED) is 0.512. The van der Waals surface area contributed by atoms with Gasteiger partial charge in [0.2, 0.25) is 5.91 Å². The average Bonchev–Trinajstić information content (AvgIpc) is 2.74. The molecule has 0 unspecified atom stereocenters. The van der Waals surface area contributed by atoms with E-state index in [4.69, 9.17) is 11.6 Å². The van der Waals surface area contributed by atoms with Gasteiger partial charge in [-0.1, -0.05) is 83.9 Å². The fourth-order valence-electron chi connectivity index (χ4n) is 3.54. The molecule has 3 aromatic rings. The molecule has 30 heavy (non-hydrogen) atoms. The van der Waals surface area contributed by atoms with Gasteiger partial charge in [0, 0.05) is 5.02 Å². The van der Waals surface area contributed by atoms with Gasteiger partial charge in [-0.15, -0.1) is 0 Å². The molecule has 0 aromatic heterocycles. The van der Waals surface area contributed by atoms with Gasteiger partial charge in [-0.05, 0) is 42.3 Å². The van der Waals surface area contributed by atoms with Crippen LogP contribution in [0.4, 0.5) is 0 Å². The van der Waals surface area contributed by atoms with Crippen molar-refractivity contribution in [1.82, 2.24) is 4.31 Å². The van der Waals surface area contributed by atoms with E-state index in [1.54, 1.807) is 30.3 Å². The largest absolute Gasteiger partial charge is 0.273 e. The van der Waals surface area contributed by atoms with Crippen LogP contribution in [0.5, 0.6) is 0 Å². The van der Waals surface area contributed by atoms with Crippen molar-refractivity contribution in [2.45, 2.75) is 17.9 Å². The highest BCUT2D eigenvalue weighted by molar-refractivity contribution is 7.89. The summed E-state index contributed by atoms with van der Waals surface area (Å²) >= 11 is 5.92. The van der Waals surface area contributed by atoms with Crippen LogP contribution in [0.25, 0.3) is 6.08 Å². The molecular weight excluding hydrogens is 418 g/mol. The number of aryl methyl sites for hydroxylation is 1. The van der Waals surface area contributed by atoms with Gasteiger partial charge in [-0.3, -0.25) is 4.79 Å². The molecule has 1 fully saturated rings. The van der Waals surface area contributed by atoms with E-state index >= 15 is 0 Å². The summed E-state index contributed by atoms with van der Waals surface area (Å²) < 4.78 is 27.5. The summed E-state index contributed by atoms with van der Waals surface area (Å²) in [6.07, 6.45) is 3.59. The second-order valence-electron chi connectivity index (χ2n) is 7.24. The van der Waals surface area contributed by atoms with Gasteiger partial charge in [0.1, 0.15) is 0 Å². The number of nitrogens with zero attached hydrogens (tertiary/aromatic N) is 1. The number of amides is 1. The van der Waals surface area contributed by atoms with Gasteiger partial charge in [0.05, 0.1) is 16.9 Å². The zero-order valence-electron chi connectivity index (χ0n) is 16.3. The maximum atomic E-state index is 13.2. The monoisotopic (exact) mass is 437 g/mol. The summed E-state index contributed by atoms with van der Waals surface area (Å²) in [5.41, 5.74) is 2.62. The Morgan fingerprint density at radius 3 is 2.17 bits per heavy atom. The molecule has 1 heterocycles. The lowest BCUT2D eigenvalue weighted by atomic mass is 9.84. The molecule has 1 aliphatic heterocycles. The van der Waals surface area contributed by atoms with Crippen LogP contribution in [-0.4, -0.2) is 18.6 Å². The first-order chi connectivity index (χ1) is 14.4. The van der Waals surface area contributed by atoms with Crippen molar-refractivity contribution in [3.05, 3.63) is 107 Å². The van der Waals surface area contributed by atoms with Crippen LogP contribution in [0.15, 0.2) is 89.8 Å². The minimum atomic E-state index is -3.95. The standard InChI is InChI=1S/C24H20ClNO3S/c1-17-7-14-21(15-8-17)30(28,29)26-23(19-5-3-2-4-6-19)22(24(26)27)16-11-18-9-12-20(25)13-10-18/h2-16,22-23H,1H3/b16-11+/t22-,23+/m0/s1. The molecule has 3 aromatic carbocycles. The van der Waals surface area contributed by atoms with E-state index in [-0.39, 0.29) is 4.90 Å². The summed E-state index contributed by atoms with van der Waals surface area (Å²) in [5.74, 6) is -1.00. The van der Waals surface area contributed by atoms with Crippen molar-refractivity contribution >= 4 is 33.6 Å². The molecule has 0 N–H and O–H groups in total. The Bertz CT molecular complexity index is 1190. The predicted molar refractivity (Wildman–Crippen MR) is 118 cm³/mol. The molecule has 4 nitrogen and oxygen atoms in total. The Labute approximate surface area is 181 Å². The first-order valence-corrected chi connectivity index (χ1v) is 11.3. The first kappa shape index (κ1) is 20.4. The number of sulfonamides is 1. The third-order valence-corrected chi connectivity index (χ3v) is 7.22. The van der Waals surface area contributed by atoms with Crippen molar-refractivity contribution < 1.29 is 13.2 Å². The number of hydrogen-bond acceptors (Lipinski definition) is 3. The molecular formula is C24H20ClNO3S. The molecule has 1 amide bonds. The third kappa shape index (κ3) is 3.78. The predicted octanol–water partition coefficient (Wildman–Crippen LogP) is 5.25. The summed E-state index contributed by atoms with van der Waals surface area (Å²) in [6, 6.07) is 22.4. The fourth-order valence-corrected chi connectivity index (χ4v) is 5.29. The van der Waals surface area contributed by atoms with Crippen molar-refractivity contribution in [1.29, 1.82) is 0 Å². The van der Waals surface area contributed by atoms with E-state index in [0.29, 0.717) is 5.02 Å². The number of hydrogen-bond donors (Lipinski definition) is 0. The Kier molecular flexibility index (Phi) is 5.50. The molecule has 4 rings (SSSR count). The second-order valence-corrected chi connectivity index (χ2v) is 9.50. The molecule has 0 saturated carbocycles. The van der Waals surface area contributed by atoms with Gasteiger partial charge in [0.15, 0.2) is 0 Å². The van der Waals surface area contributed by atoms with E-state index < -0.39 is 27.9 Å². The van der Waals surface area contributed by atoms with E-state index in [9.17, 15) is 13.2 Å². The molecule has 0 radical (unpaired) electrons. The Morgan fingerprint density at radius 2 is 1.53 bits per heavy atom. The summed E-state index contributed by atoms with van der Waals surface area (Å²) in [7, 11) is -3.95. The molecule has 0 spiro atoms. The van der Waals surface area contributed by atoms with Crippen LogP contribution in [0, 0.1) is 12.8 Å². The smallest absolute Gasteiger partial charge is 0.267 e. The maximum absolute atomic E-state index is 13.2. The van der Waals surface area contributed by atoms with Crippen LogP contribution in [-0.2, 0) is 14.8 Å². The Hall–Kier alpha value is -2.89. The highest BCUT2D eigenvalue weighted by Crippen LogP contribution is 2.44. The lowest BCUT2D eigenvalue weighted by molar-refractivity contribution is -0.143. The second kappa shape index (κ2) is 8.09. The molecule has 0 bridgehead atoms. The lowest BCUT2D eigenvalue weighted by Gasteiger charge is -2.45. The van der Waals surface area contributed by atoms with Crippen molar-refractivity contribution in [2.24, 2.45) is 5.92 Å². The van der Waals surface area contributed by atoms with E-state index in [1.165, 1.54) is 12.1 Å². The highest BCUT2D eigenvalue weighted by Gasteiger charge is 2.53. The van der Waals surface area contributed by atoms with E-state index in [2.05, 4.69) is 0 Å². The lowest BCUT2D eigenvalue weighted by Crippen LogP contribution is -2.56. The Balaban J connectivity index is 1.70. The van der Waals surface area contributed by atoms with Crippen molar-refractivity contribution in [3.63, 3.8) is 0 Å². The molecule has 2 atom stereocenters. The van der Waals surface area contributed by atoms with Crippen LogP contribution >= 0.6 is 11.6 Å². The number of rotatable bonds is 5. The van der Waals surface area contributed by atoms with Crippen LogP contribution in [0.2, 0.25) is 5.02 Å². The van der Waals surface area contributed by atoms with Gasteiger partial charge in [-0.25, -0.2) is 12.7 Å².